The SMILES string of the molecule is Cc1cccc(C#CC2=NOC3(CCC4(CC3)OCCO4)C2)n1. The van der Waals surface area contributed by atoms with E-state index in [1.165, 1.54) is 0 Å². The Labute approximate surface area is 136 Å². The van der Waals surface area contributed by atoms with Gasteiger partial charge in [0.1, 0.15) is 17.0 Å². The highest BCUT2D eigenvalue weighted by Gasteiger charge is 2.50. The molecule has 1 saturated carbocycles. The molecule has 5 nitrogen and oxygen atoms in total. The monoisotopic (exact) mass is 312 g/mol. The number of oxime groups is 1. The average molecular weight is 312 g/mol. The van der Waals surface area contributed by atoms with Crippen LogP contribution in [-0.2, 0) is 14.3 Å². The number of ether oxygens (including phenoxy) is 2. The molecule has 0 N–H and O–H groups in total. The van der Waals surface area contributed by atoms with E-state index in [0.29, 0.717) is 13.2 Å². The summed E-state index contributed by atoms with van der Waals surface area (Å²) in [5.74, 6) is 5.82. The highest BCUT2D eigenvalue weighted by molar-refractivity contribution is 6.01. The van der Waals surface area contributed by atoms with Gasteiger partial charge in [-0.15, -0.1) is 0 Å². The van der Waals surface area contributed by atoms with Gasteiger partial charge >= 0.3 is 0 Å². The van der Waals surface area contributed by atoms with E-state index in [9.17, 15) is 0 Å². The van der Waals surface area contributed by atoms with Crippen molar-refractivity contribution >= 4 is 5.71 Å². The summed E-state index contributed by atoms with van der Waals surface area (Å²) in [6.07, 6.45) is 4.28. The maximum atomic E-state index is 5.78. The van der Waals surface area contributed by atoms with Crippen molar-refractivity contribution in [3.8, 4) is 11.8 Å². The summed E-state index contributed by atoms with van der Waals surface area (Å²) in [6, 6.07) is 5.83. The molecule has 2 fully saturated rings. The van der Waals surface area contributed by atoms with Crippen LogP contribution in [0.3, 0.4) is 0 Å². The largest absolute Gasteiger partial charge is 0.388 e. The number of hydrogen-bond donors (Lipinski definition) is 0. The Morgan fingerprint density at radius 1 is 1.04 bits per heavy atom. The van der Waals surface area contributed by atoms with Crippen LogP contribution in [0.4, 0.5) is 0 Å². The topological polar surface area (TPSA) is 52.9 Å². The van der Waals surface area contributed by atoms with Crippen molar-refractivity contribution in [3.63, 3.8) is 0 Å². The molecule has 3 aliphatic rings. The third-order valence-corrected chi connectivity index (χ3v) is 4.80. The molecule has 4 rings (SSSR count). The van der Waals surface area contributed by atoms with Crippen molar-refractivity contribution in [2.45, 2.75) is 50.4 Å². The lowest BCUT2D eigenvalue weighted by atomic mass is 9.79. The van der Waals surface area contributed by atoms with Gasteiger partial charge in [-0.3, -0.25) is 0 Å². The summed E-state index contributed by atoms with van der Waals surface area (Å²) in [6.45, 7) is 3.36. The third kappa shape index (κ3) is 2.97. The van der Waals surface area contributed by atoms with E-state index in [1.54, 1.807) is 0 Å². The zero-order valence-electron chi connectivity index (χ0n) is 13.3. The molecule has 0 aromatic carbocycles. The lowest BCUT2D eigenvalue weighted by Gasteiger charge is -2.39. The molecule has 2 spiro atoms. The van der Waals surface area contributed by atoms with Gasteiger partial charge in [-0.1, -0.05) is 11.2 Å². The average Bonchev–Trinajstić information content (AvgIpc) is 3.17. The minimum absolute atomic E-state index is 0.218. The van der Waals surface area contributed by atoms with Crippen molar-refractivity contribution in [1.29, 1.82) is 0 Å². The fourth-order valence-corrected chi connectivity index (χ4v) is 3.48. The lowest BCUT2D eigenvalue weighted by Crippen LogP contribution is -2.43. The molecule has 0 radical (unpaired) electrons. The lowest BCUT2D eigenvalue weighted by molar-refractivity contribution is -0.206. The van der Waals surface area contributed by atoms with E-state index in [2.05, 4.69) is 22.0 Å². The van der Waals surface area contributed by atoms with Crippen LogP contribution in [0.15, 0.2) is 23.4 Å². The summed E-state index contributed by atoms with van der Waals surface area (Å²) in [4.78, 5) is 10.1. The van der Waals surface area contributed by atoms with E-state index in [4.69, 9.17) is 14.3 Å². The second kappa shape index (κ2) is 5.63. The van der Waals surface area contributed by atoms with Gasteiger partial charge in [0.25, 0.3) is 0 Å². The first-order valence-corrected chi connectivity index (χ1v) is 8.16. The number of hydrogen-bond acceptors (Lipinski definition) is 5. The Balaban J connectivity index is 1.40. The molecule has 5 heteroatoms. The molecular formula is C18H20N2O3. The van der Waals surface area contributed by atoms with Crippen LogP contribution in [0.1, 0.15) is 43.5 Å². The first-order valence-electron chi connectivity index (χ1n) is 8.16. The van der Waals surface area contributed by atoms with Crippen LogP contribution in [0.25, 0.3) is 0 Å². The van der Waals surface area contributed by atoms with Crippen LogP contribution in [-0.4, -0.2) is 35.3 Å². The highest BCUT2D eigenvalue weighted by atomic mass is 16.7. The molecule has 0 atom stereocenters. The van der Waals surface area contributed by atoms with Gasteiger partial charge in [0.2, 0.25) is 0 Å². The van der Waals surface area contributed by atoms with E-state index < -0.39 is 0 Å². The van der Waals surface area contributed by atoms with Gasteiger partial charge in [-0.25, -0.2) is 4.98 Å². The van der Waals surface area contributed by atoms with Crippen molar-refractivity contribution < 1.29 is 14.3 Å². The Morgan fingerprint density at radius 3 is 2.57 bits per heavy atom. The Morgan fingerprint density at radius 2 is 1.83 bits per heavy atom. The molecule has 3 heterocycles. The van der Waals surface area contributed by atoms with Gasteiger partial charge in [0.05, 0.1) is 13.2 Å². The normalized spacial score (nSPS) is 24.1. The molecule has 1 saturated heterocycles. The Kier molecular flexibility index (Phi) is 3.59. The van der Waals surface area contributed by atoms with Gasteiger partial charge < -0.3 is 14.3 Å². The second-order valence-electron chi connectivity index (χ2n) is 6.51. The van der Waals surface area contributed by atoms with Gasteiger partial charge in [0, 0.05) is 25.0 Å². The summed E-state index contributed by atoms with van der Waals surface area (Å²) < 4.78 is 11.6. The number of pyridine rings is 1. The fourth-order valence-electron chi connectivity index (χ4n) is 3.48. The second-order valence-corrected chi connectivity index (χ2v) is 6.51. The molecule has 0 amide bonds. The first kappa shape index (κ1) is 14.7. The van der Waals surface area contributed by atoms with Crippen LogP contribution >= 0.6 is 0 Å². The summed E-state index contributed by atoms with van der Waals surface area (Å²) in [7, 11) is 0. The molecule has 1 aliphatic carbocycles. The number of rotatable bonds is 0. The first-order chi connectivity index (χ1) is 11.2. The van der Waals surface area contributed by atoms with E-state index >= 15 is 0 Å². The summed E-state index contributed by atoms with van der Waals surface area (Å²) >= 11 is 0. The Bertz CT molecular complexity index is 686. The zero-order valence-corrected chi connectivity index (χ0v) is 13.3. The quantitative estimate of drug-likeness (QED) is 0.691. The van der Waals surface area contributed by atoms with Crippen molar-refractivity contribution in [1.82, 2.24) is 4.98 Å². The minimum Gasteiger partial charge on any atom is -0.388 e. The molecule has 120 valence electrons. The van der Waals surface area contributed by atoms with Crippen LogP contribution in [0.2, 0.25) is 0 Å². The van der Waals surface area contributed by atoms with Crippen molar-refractivity contribution in [3.05, 3.63) is 29.6 Å². The van der Waals surface area contributed by atoms with Crippen LogP contribution in [0.5, 0.6) is 0 Å². The molecule has 2 aliphatic heterocycles. The van der Waals surface area contributed by atoms with E-state index in [0.717, 1.165) is 49.2 Å². The predicted octanol–water partition coefficient (Wildman–Crippen LogP) is 2.57. The number of aryl methyl sites for hydroxylation is 1. The molecule has 0 unspecified atom stereocenters. The molecule has 23 heavy (non-hydrogen) atoms. The van der Waals surface area contributed by atoms with Gasteiger partial charge in [0.15, 0.2) is 5.79 Å². The highest BCUT2D eigenvalue weighted by Crippen LogP contribution is 2.45. The van der Waals surface area contributed by atoms with Crippen LogP contribution < -0.4 is 0 Å². The van der Waals surface area contributed by atoms with Gasteiger partial charge in [-0.2, -0.15) is 0 Å². The van der Waals surface area contributed by atoms with Crippen molar-refractivity contribution in [2.75, 3.05) is 13.2 Å². The zero-order chi connectivity index (χ0) is 15.8. The van der Waals surface area contributed by atoms with Crippen molar-refractivity contribution in [2.24, 2.45) is 5.16 Å². The maximum absolute atomic E-state index is 5.78. The smallest absolute Gasteiger partial charge is 0.168 e. The predicted molar refractivity (Wildman–Crippen MR) is 84.8 cm³/mol. The molecular weight excluding hydrogens is 292 g/mol. The standard InChI is InChI=1S/C18H20N2O3/c1-14-3-2-4-15(19-14)5-6-16-13-17(23-20-16)7-9-18(10-8-17)21-11-12-22-18/h2-4H,7-13H2,1H3. The maximum Gasteiger partial charge on any atom is 0.168 e. The number of nitrogens with zero attached hydrogens (tertiary/aromatic N) is 2. The van der Waals surface area contributed by atoms with E-state index in [1.807, 2.05) is 25.1 Å². The molecule has 0 bridgehead atoms. The van der Waals surface area contributed by atoms with Crippen LogP contribution in [0, 0.1) is 18.8 Å². The number of aromatic nitrogens is 1. The fraction of sp³-hybridized carbons (Fsp3) is 0.556. The molecule has 1 aromatic heterocycles. The third-order valence-electron chi connectivity index (χ3n) is 4.80. The Hall–Kier alpha value is -1.90. The molecule has 1 aromatic rings. The van der Waals surface area contributed by atoms with E-state index in [-0.39, 0.29) is 11.4 Å². The summed E-state index contributed by atoms with van der Waals surface area (Å²) in [5.41, 5.74) is 2.32. The minimum atomic E-state index is -0.367. The summed E-state index contributed by atoms with van der Waals surface area (Å²) in [5, 5.41) is 4.20. The van der Waals surface area contributed by atoms with Gasteiger partial charge in [-0.05, 0) is 43.7 Å².